The number of aromatic nitrogens is 2. The van der Waals surface area contributed by atoms with E-state index in [-0.39, 0.29) is 18.0 Å². The number of rotatable bonds is 3. The van der Waals surface area contributed by atoms with E-state index in [0.717, 1.165) is 24.6 Å². The van der Waals surface area contributed by atoms with Gasteiger partial charge in [-0.05, 0) is 19.8 Å². The molecule has 1 N–H and O–H groups in total. The molecule has 0 bridgehead atoms. The Labute approximate surface area is 108 Å². The number of esters is 1. The van der Waals surface area contributed by atoms with Crippen molar-refractivity contribution in [3.05, 3.63) is 17.2 Å². The molecule has 0 saturated carbocycles. The van der Waals surface area contributed by atoms with Crippen molar-refractivity contribution in [1.29, 1.82) is 0 Å². The van der Waals surface area contributed by atoms with Crippen LogP contribution in [-0.2, 0) is 17.8 Å². The zero-order valence-electron chi connectivity index (χ0n) is 11.5. The van der Waals surface area contributed by atoms with Crippen LogP contribution in [0.5, 0.6) is 0 Å². The molecule has 2 rings (SSSR count). The summed E-state index contributed by atoms with van der Waals surface area (Å²) in [5, 5.41) is 3.26. The van der Waals surface area contributed by atoms with Crippen LogP contribution in [0.4, 0.5) is 0 Å². The van der Waals surface area contributed by atoms with Crippen molar-refractivity contribution in [3.8, 4) is 0 Å². The highest BCUT2D eigenvalue weighted by molar-refractivity contribution is 5.89. The second kappa shape index (κ2) is 5.10. The van der Waals surface area contributed by atoms with E-state index >= 15 is 0 Å². The molecule has 100 valence electrons. The van der Waals surface area contributed by atoms with Crippen LogP contribution in [0.1, 0.15) is 55.6 Å². The summed E-state index contributed by atoms with van der Waals surface area (Å²) in [4.78, 5) is 16.8. The molecular formula is C13H21N3O2. The lowest BCUT2D eigenvalue weighted by molar-refractivity contribution is 0.0362. The summed E-state index contributed by atoms with van der Waals surface area (Å²) in [6, 6.07) is 0. The molecule has 0 aliphatic carbocycles. The molecule has 0 spiro atoms. The molecule has 0 atom stereocenters. The first kappa shape index (κ1) is 13.1. The zero-order chi connectivity index (χ0) is 13.3. The number of fused-ring (bicyclic) bond motifs is 1. The summed E-state index contributed by atoms with van der Waals surface area (Å²) in [5.41, 5.74) is 1.48. The maximum atomic E-state index is 12.2. The SMILES string of the molecule is CC(C)OC(=O)c1c(C(C)C)nc2n1CCNC2. The van der Waals surface area contributed by atoms with Gasteiger partial charge in [0, 0.05) is 13.1 Å². The lowest BCUT2D eigenvalue weighted by Crippen LogP contribution is -2.30. The van der Waals surface area contributed by atoms with Crippen LogP contribution in [0.2, 0.25) is 0 Å². The highest BCUT2D eigenvalue weighted by atomic mass is 16.5. The van der Waals surface area contributed by atoms with Crippen LogP contribution >= 0.6 is 0 Å². The fourth-order valence-corrected chi connectivity index (χ4v) is 2.17. The Morgan fingerprint density at radius 3 is 2.72 bits per heavy atom. The van der Waals surface area contributed by atoms with Gasteiger partial charge in [0.05, 0.1) is 18.3 Å². The topological polar surface area (TPSA) is 56.1 Å². The van der Waals surface area contributed by atoms with Crippen LogP contribution in [-0.4, -0.2) is 28.2 Å². The van der Waals surface area contributed by atoms with Crippen molar-refractivity contribution >= 4 is 5.97 Å². The van der Waals surface area contributed by atoms with E-state index in [1.54, 1.807) is 0 Å². The van der Waals surface area contributed by atoms with Gasteiger partial charge in [-0.3, -0.25) is 0 Å². The highest BCUT2D eigenvalue weighted by Crippen LogP contribution is 2.23. The fourth-order valence-electron chi connectivity index (χ4n) is 2.17. The first-order valence-electron chi connectivity index (χ1n) is 6.51. The average Bonchev–Trinajstić information content (AvgIpc) is 2.67. The van der Waals surface area contributed by atoms with E-state index in [1.165, 1.54) is 0 Å². The van der Waals surface area contributed by atoms with Gasteiger partial charge in [0.15, 0.2) is 5.69 Å². The Kier molecular flexibility index (Phi) is 3.71. The molecular weight excluding hydrogens is 230 g/mol. The second-order valence-electron chi connectivity index (χ2n) is 5.20. The molecule has 1 aromatic rings. The second-order valence-corrected chi connectivity index (χ2v) is 5.20. The summed E-state index contributed by atoms with van der Waals surface area (Å²) in [5.74, 6) is 0.896. The quantitative estimate of drug-likeness (QED) is 0.830. The van der Waals surface area contributed by atoms with Gasteiger partial charge in [0.25, 0.3) is 0 Å². The van der Waals surface area contributed by atoms with E-state index in [9.17, 15) is 4.79 Å². The van der Waals surface area contributed by atoms with Crippen molar-refractivity contribution < 1.29 is 9.53 Å². The van der Waals surface area contributed by atoms with Crippen molar-refractivity contribution in [2.75, 3.05) is 6.54 Å². The Morgan fingerprint density at radius 1 is 1.39 bits per heavy atom. The number of nitrogens with zero attached hydrogens (tertiary/aromatic N) is 2. The van der Waals surface area contributed by atoms with E-state index in [0.29, 0.717) is 12.2 Å². The monoisotopic (exact) mass is 251 g/mol. The number of carbonyl (C=O) groups excluding carboxylic acids is 1. The lowest BCUT2D eigenvalue weighted by Gasteiger charge is -2.18. The van der Waals surface area contributed by atoms with Crippen LogP contribution in [0.15, 0.2) is 0 Å². The first-order valence-corrected chi connectivity index (χ1v) is 6.51. The third-order valence-electron chi connectivity index (χ3n) is 2.95. The Balaban J connectivity index is 2.42. The molecule has 0 radical (unpaired) electrons. The third kappa shape index (κ3) is 2.41. The number of nitrogens with one attached hydrogen (secondary N) is 1. The van der Waals surface area contributed by atoms with Gasteiger partial charge < -0.3 is 14.6 Å². The molecule has 1 aliphatic rings. The molecule has 1 aliphatic heterocycles. The molecule has 0 unspecified atom stereocenters. The Morgan fingerprint density at radius 2 is 2.11 bits per heavy atom. The van der Waals surface area contributed by atoms with Crippen LogP contribution < -0.4 is 5.32 Å². The van der Waals surface area contributed by atoms with Gasteiger partial charge in [-0.1, -0.05) is 13.8 Å². The lowest BCUT2D eigenvalue weighted by atomic mass is 10.1. The molecule has 5 nitrogen and oxygen atoms in total. The van der Waals surface area contributed by atoms with Gasteiger partial charge in [0.2, 0.25) is 0 Å². The minimum Gasteiger partial charge on any atom is -0.458 e. The highest BCUT2D eigenvalue weighted by Gasteiger charge is 2.27. The Bertz CT molecular complexity index is 449. The van der Waals surface area contributed by atoms with Gasteiger partial charge in [-0.15, -0.1) is 0 Å². The van der Waals surface area contributed by atoms with Gasteiger partial charge in [-0.2, -0.15) is 0 Å². The molecule has 2 heterocycles. The van der Waals surface area contributed by atoms with Crippen LogP contribution in [0, 0.1) is 0 Å². The fraction of sp³-hybridized carbons (Fsp3) is 0.692. The molecule has 0 aromatic carbocycles. The minimum absolute atomic E-state index is 0.106. The molecule has 1 aromatic heterocycles. The maximum absolute atomic E-state index is 12.2. The molecule has 5 heteroatoms. The number of ether oxygens (including phenoxy) is 1. The van der Waals surface area contributed by atoms with E-state index in [4.69, 9.17) is 4.74 Å². The number of hydrogen-bond donors (Lipinski definition) is 1. The predicted octanol–water partition coefficient (Wildman–Crippen LogP) is 1.67. The standard InChI is InChI=1S/C13H21N3O2/c1-8(2)11-12(13(17)18-9(3)4)16-6-5-14-7-10(16)15-11/h8-9,14H,5-7H2,1-4H3. The van der Waals surface area contributed by atoms with Gasteiger partial charge in [0.1, 0.15) is 5.82 Å². The van der Waals surface area contributed by atoms with Crippen LogP contribution in [0.3, 0.4) is 0 Å². The normalized spacial score (nSPS) is 15.0. The van der Waals surface area contributed by atoms with Crippen LogP contribution in [0.25, 0.3) is 0 Å². The molecule has 0 saturated heterocycles. The smallest absolute Gasteiger partial charge is 0.357 e. The van der Waals surface area contributed by atoms with Crippen molar-refractivity contribution in [3.63, 3.8) is 0 Å². The van der Waals surface area contributed by atoms with E-state index < -0.39 is 0 Å². The summed E-state index contributed by atoms with van der Waals surface area (Å²) < 4.78 is 7.33. The summed E-state index contributed by atoms with van der Waals surface area (Å²) in [6.07, 6.45) is -0.106. The molecule has 0 fully saturated rings. The minimum atomic E-state index is -0.255. The summed E-state index contributed by atoms with van der Waals surface area (Å²) in [7, 11) is 0. The first-order chi connectivity index (χ1) is 8.50. The number of imidazole rings is 1. The predicted molar refractivity (Wildman–Crippen MR) is 68.6 cm³/mol. The molecule has 18 heavy (non-hydrogen) atoms. The maximum Gasteiger partial charge on any atom is 0.357 e. The molecule has 0 amide bonds. The van der Waals surface area contributed by atoms with Crippen molar-refractivity contribution in [2.24, 2.45) is 0 Å². The van der Waals surface area contributed by atoms with E-state index in [2.05, 4.69) is 10.3 Å². The third-order valence-corrected chi connectivity index (χ3v) is 2.95. The zero-order valence-corrected chi connectivity index (χ0v) is 11.5. The largest absolute Gasteiger partial charge is 0.458 e. The number of carbonyl (C=O) groups is 1. The summed E-state index contributed by atoms with van der Waals surface area (Å²) in [6.45, 7) is 10.2. The van der Waals surface area contributed by atoms with Gasteiger partial charge >= 0.3 is 5.97 Å². The van der Waals surface area contributed by atoms with Gasteiger partial charge in [-0.25, -0.2) is 9.78 Å². The van der Waals surface area contributed by atoms with Crippen molar-refractivity contribution in [1.82, 2.24) is 14.9 Å². The average molecular weight is 251 g/mol. The number of hydrogen-bond acceptors (Lipinski definition) is 4. The summed E-state index contributed by atoms with van der Waals surface area (Å²) >= 11 is 0. The Hall–Kier alpha value is -1.36. The van der Waals surface area contributed by atoms with E-state index in [1.807, 2.05) is 32.3 Å². The van der Waals surface area contributed by atoms with Crippen molar-refractivity contribution in [2.45, 2.75) is 52.8 Å².